The van der Waals surface area contributed by atoms with Gasteiger partial charge >= 0.3 is 12.2 Å². The van der Waals surface area contributed by atoms with Crippen LogP contribution >= 0.6 is 0 Å². The second-order valence-corrected chi connectivity index (χ2v) is 9.95. The number of likely N-dealkylation sites (tertiary alicyclic amines) is 1. The molecule has 2 amide bonds. The lowest BCUT2D eigenvalue weighted by atomic mass is 9.74. The van der Waals surface area contributed by atoms with Crippen LogP contribution in [0.5, 0.6) is 0 Å². The van der Waals surface area contributed by atoms with Crippen molar-refractivity contribution in [1.29, 1.82) is 0 Å². The molecule has 2 aliphatic heterocycles. The van der Waals surface area contributed by atoms with Crippen LogP contribution in [-0.4, -0.2) is 52.8 Å². The van der Waals surface area contributed by atoms with E-state index in [0.717, 1.165) is 17.6 Å². The molecule has 3 unspecified atom stereocenters. The highest BCUT2D eigenvalue weighted by atomic mass is 16.6. The summed E-state index contributed by atoms with van der Waals surface area (Å²) in [4.78, 5) is 28.1. The molecule has 0 saturated carbocycles. The van der Waals surface area contributed by atoms with Crippen LogP contribution < -0.4 is 0 Å². The molecule has 3 atom stereocenters. The third-order valence-corrected chi connectivity index (χ3v) is 6.53. The number of cyclic esters (lactones) is 1. The molecule has 2 fully saturated rings. The van der Waals surface area contributed by atoms with Crippen LogP contribution in [0.25, 0.3) is 0 Å². The number of nitrogens with zero attached hydrogens (tertiary/aromatic N) is 2. The Balaban J connectivity index is 1.83. The molecule has 30 heavy (non-hydrogen) atoms. The number of rotatable bonds is 4. The number of hydrogen-bond donors (Lipinski definition) is 1. The summed E-state index contributed by atoms with van der Waals surface area (Å²) in [5.41, 5.74) is 1.18. The molecule has 0 aromatic heterocycles. The zero-order chi connectivity index (χ0) is 22.1. The lowest BCUT2D eigenvalue weighted by molar-refractivity contribution is -0.0723. The van der Waals surface area contributed by atoms with E-state index in [2.05, 4.69) is 27.4 Å². The number of ether oxygens (including phenoxy) is 1. The first-order valence-electron chi connectivity index (χ1n) is 10.7. The first-order chi connectivity index (χ1) is 14.0. The Kier molecular flexibility index (Phi) is 6.16. The van der Waals surface area contributed by atoms with Gasteiger partial charge in [0.15, 0.2) is 0 Å². The molecule has 0 aliphatic carbocycles. The van der Waals surface area contributed by atoms with E-state index in [0.29, 0.717) is 32.5 Å². The number of hydrogen-bond acceptors (Lipinski definition) is 3. The van der Waals surface area contributed by atoms with E-state index in [1.54, 1.807) is 4.90 Å². The summed E-state index contributed by atoms with van der Waals surface area (Å²) in [6, 6.07) is 9.67. The van der Waals surface area contributed by atoms with E-state index in [1.807, 2.05) is 37.3 Å². The van der Waals surface area contributed by atoms with Gasteiger partial charge in [-0.2, -0.15) is 0 Å². The van der Waals surface area contributed by atoms with Gasteiger partial charge in [0.05, 0.1) is 6.04 Å². The number of carboxylic acid groups (broad SMARTS) is 1. The second-order valence-electron chi connectivity index (χ2n) is 9.95. The maximum atomic E-state index is 13.2. The zero-order valence-electron chi connectivity index (χ0n) is 18.6. The molecule has 3 rings (SSSR count). The van der Waals surface area contributed by atoms with Crippen molar-refractivity contribution in [2.45, 2.75) is 58.6 Å². The number of carbonyl (C=O) groups excluding carboxylic acids is 1. The molecular weight excluding hydrogens is 380 g/mol. The van der Waals surface area contributed by atoms with Crippen molar-refractivity contribution in [3.05, 3.63) is 48.0 Å². The van der Waals surface area contributed by atoms with E-state index < -0.39 is 11.7 Å². The van der Waals surface area contributed by atoms with E-state index in [9.17, 15) is 14.7 Å². The van der Waals surface area contributed by atoms with Gasteiger partial charge in [-0.25, -0.2) is 9.59 Å². The highest BCUT2D eigenvalue weighted by molar-refractivity contribution is 5.70. The summed E-state index contributed by atoms with van der Waals surface area (Å²) in [6.45, 7) is 13.7. The van der Waals surface area contributed by atoms with E-state index in [1.165, 1.54) is 4.90 Å². The van der Waals surface area contributed by atoms with Crippen molar-refractivity contribution in [3.8, 4) is 0 Å². The second kappa shape index (κ2) is 8.32. The number of amides is 2. The van der Waals surface area contributed by atoms with Crippen molar-refractivity contribution >= 4 is 12.2 Å². The topological polar surface area (TPSA) is 70.1 Å². The first-order valence-corrected chi connectivity index (χ1v) is 10.7. The molecule has 6 heteroatoms. The molecular formula is C24H34N2O4. The minimum atomic E-state index is -0.930. The van der Waals surface area contributed by atoms with Crippen LogP contribution in [-0.2, 0) is 10.3 Å². The fourth-order valence-corrected chi connectivity index (χ4v) is 4.74. The predicted molar refractivity (Wildman–Crippen MR) is 116 cm³/mol. The maximum absolute atomic E-state index is 13.2. The number of carbonyl (C=O) groups is 2. The lowest BCUT2D eigenvalue weighted by Crippen LogP contribution is -2.59. The molecule has 1 aromatic carbocycles. The average molecular weight is 415 g/mol. The monoisotopic (exact) mass is 414 g/mol. The summed E-state index contributed by atoms with van der Waals surface area (Å²) in [5, 5.41) is 9.62. The quantitative estimate of drug-likeness (QED) is 0.696. The van der Waals surface area contributed by atoms with Crippen LogP contribution in [0.3, 0.4) is 0 Å². The fraction of sp³-hybridized carbons (Fsp3) is 0.583. The fourth-order valence-electron chi connectivity index (χ4n) is 4.74. The molecule has 2 saturated heterocycles. The van der Waals surface area contributed by atoms with E-state index >= 15 is 0 Å². The van der Waals surface area contributed by atoms with Crippen LogP contribution in [0.1, 0.15) is 52.5 Å². The van der Waals surface area contributed by atoms with Crippen LogP contribution in [0, 0.1) is 11.3 Å². The van der Waals surface area contributed by atoms with Crippen molar-refractivity contribution in [1.82, 2.24) is 9.80 Å². The van der Waals surface area contributed by atoms with Gasteiger partial charge in [0, 0.05) is 32.5 Å². The average Bonchev–Trinajstić information content (AvgIpc) is 2.67. The summed E-state index contributed by atoms with van der Waals surface area (Å²) >= 11 is 0. The van der Waals surface area contributed by atoms with Crippen molar-refractivity contribution in [3.63, 3.8) is 0 Å². The molecule has 0 spiro atoms. The molecule has 6 nitrogen and oxygen atoms in total. The molecule has 1 N–H and O–H groups in total. The van der Waals surface area contributed by atoms with Crippen LogP contribution in [0.2, 0.25) is 0 Å². The third kappa shape index (κ3) is 4.63. The largest absolute Gasteiger partial charge is 0.465 e. The van der Waals surface area contributed by atoms with E-state index in [4.69, 9.17) is 4.74 Å². The normalized spacial score (nSPS) is 27.5. The highest BCUT2D eigenvalue weighted by Gasteiger charge is 2.46. The summed E-state index contributed by atoms with van der Waals surface area (Å²) in [5.74, 6) is 0.177. The molecule has 2 heterocycles. The Bertz CT molecular complexity index is 801. The molecule has 164 valence electrons. The Morgan fingerprint density at radius 2 is 1.93 bits per heavy atom. The van der Waals surface area contributed by atoms with Gasteiger partial charge in [-0.3, -0.25) is 0 Å². The molecule has 1 aromatic rings. The molecule has 0 radical (unpaired) electrons. The number of piperidine rings is 1. The minimum absolute atomic E-state index is 0.0419. The SMILES string of the molecule is C=C(C)CC1(c2ccccc2)CCN(C2CC(C(C)(C)C)CN(C(=O)O)C2)C(=O)O1. The first kappa shape index (κ1) is 22.2. The Labute approximate surface area is 179 Å². The molecule has 0 bridgehead atoms. The number of benzene rings is 1. The van der Waals surface area contributed by atoms with Crippen molar-refractivity contribution in [2.75, 3.05) is 19.6 Å². The van der Waals surface area contributed by atoms with Gasteiger partial charge in [0.25, 0.3) is 0 Å². The van der Waals surface area contributed by atoms with Crippen molar-refractivity contribution in [2.24, 2.45) is 11.3 Å². The Morgan fingerprint density at radius 3 is 2.47 bits per heavy atom. The summed E-state index contributed by atoms with van der Waals surface area (Å²) in [6.07, 6.45) is 0.713. The van der Waals surface area contributed by atoms with Gasteiger partial charge in [-0.15, -0.1) is 0 Å². The Hall–Kier alpha value is -2.50. The standard InChI is InChI=1S/C24H34N2O4/c1-17(2)14-24(18-9-7-6-8-10-18)11-12-26(22(29)30-24)20-13-19(23(3,4)5)15-25(16-20)21(27)28/h6-10,19-20H,1,11-16H2,2-5H3,(H,27,28). The van der Waals surface area contributed by atoms with Crippen LogP contribution in [0.15, 0.2) is 42.5 Å². The smallest absolute Gasteiger partial charge is 0.410 e. The van der Waals surface area contributed by atoms with Gasteiger partial charge in [0.1, 0.15) is 5.60 Å². The Morgan fingerprint density at radius 1 is 1.27 bits per heavy atom. The zero-order valence-corrected chi connectivity index (χ0v) is 18.6. The van der Waals surface area contributed by atoms with Gasteiger partial charge in [0.2, 0.25) is 0 Å². The highest BCUT2D eigenvalue weighted by Crippen LogP contribution is 2.41. The minimum Gasteiger partial charge on any atom is -0.465 e. The van der Waals surface area contributed by atoms with Gasteiger partial charge in [-0.1, -0.05) is 63.3 Å². The van der Waals surface area contributed by atoms with Crippen molar-refractivity contribution < 1.29 is 19.4 Å². The van der Waals surface area contributed by atoms with Gasteiger partial charge < -0.3 is 19.6 Å². The maximum Gasteiger partial charge on any atom is 0.410 e. The van der Waals surface area contributed by atoms with Gasteiger partial charge in [-0.05, 0) is 30.2 Å². The summed E-state index contributed by atoms with van der Waals surface area (Å²) < 4.78 is 6.11. The van der Waals surface area contributed by atoms with Crippen LogP contribution in [0.4, 0.5) is 9.59 Å². The lowest BCUT2D eigenvalue weighted by Gasteiger charge is -2.49. The molecule has 2 aliphatic rings. The predicted octanol–water partition coefficient (Wildman–Crippen LogP) is 5.11. The van der Waals surface area contributed by atoms with E-state index in [-0.39, 0.29) is 23.5 Å². The summed E-state index contributed by atoms with van der Waals surface area (Å²) in [7, 11) is 0. The third-order valence-electron chi connectivity index (χ3n) is 6.53.